The number of ether oxygens (including phenoxy) is 1. The molecule has 1 heterocycles. The Morgan fingerprint density at radius 1 is 1.48 bits per heavy atom. The Bertz CT molecular complexity index is 519. The summed E-state index contributed by atoms with van der Waals surface area (Å²) in [5.41, 5.74) is 1.41. The fourth-order valence-corrected chi connectivity index (χ4v) is 2.83. The van der Waals surface area contributed by atoms with Crippen molar-refractivity contribution < 1.29 is 14.2 Å². The van der Waals surface area contributed by atoms with Crippen molar-refractivity contribution >= 4 is 0 Å². The van der Waals surface area contributed by atoms with Gasteiger partial charge < -0.3 is 9.84 Å². The van der Waals surface area contributed by atoms with Gasteiger partial charge >= 0.3 is 0 Å². The van der Waals surface area contributed by atoms with Crippen LogP contribution in [-0.4, -0.2) is 43.4 Å². The van der Waals surface area contributed by atoms with Gasteiger partial charge in [-0.1, -0.05) is 17.9 Å². The molecular formula is C17H22FNO2. The van der Waals surface area contributed by atoms with Crippen LogP contribution in [0.15, 0.2) is 18.2 Å². The van der Waals surface area contributed by atoms with E-state index in [1.54, 1.807) is 19.2 Å². The van der Waals surface area contributed by atoms with Crippen LogP contribution in [0.4, 0.5) is 4.39 Å². The van der Waals surface area contributed by atoms with Gasteiger partial charge in [0.1, 0.15) is 12.4 Å². The minimum absolute atomic E-state index is 0.255. The van der Waals surface area contributed by atoms with Crippen molar-refractivity contribution in [3.63, 3.8) is 0 Å². The molecular weight excluding hydrogens is 269 g/mol. The molecule has 1 aliphatic heterocycles. The third kappa shape index (κ3) is 4.82. The van der Waals surface area contributed by atoms with Gasteiger partial charge in [-0.15, -0.1) is 0 Å². The van der Waals surface area contributed by atoms with Crippen LogP contribution in [-0.2, 0) is 11.3 Å². The second-order valence-electron chi connectivity index (χ2n) is 5.47. The number of hydrogen-bond acceptors (Lipinski definition) is 3. The predicted molar refractivity (Wildman–Crippen MR) is 80.2 cm³/mol. The molecule has 1 fully saturated rings. The number of methoxy groups -OCH3 is 1. The summed E-state index contributed by atoms with van der Waals surface area (Å²) in [4.78, 5) is 2.38. The minimum atomic E-state index is -0.337. The lowest BCUT2D eigenvalue weighted by atomic mass is 9.98. The number of rotatable bonds is 4. The molecule has 1 atom stereocenters. The zero-order valence-corrected chi connectivity index (χ0v) is 12.4. The van der Waals surface area contributed by atoms with Gasteiger partial charge in [0.25, 0.3) is 0 Å². The van der Waals surface area contributed by atoms with E-state index in [9.17, 15) is 4.39 Å². The number of hydrogen-bond donors (Lipinski definition) is 1. The van der Waals surface area contributed by atoms with E-state index >= 15 is 0 Å². The second kappa shape index (κ2) is 8.14. The maximum Gasteiger partial charge on any atom is 0.138 e. The van der Waals surface area contributed by atoms with Crippen LogP contribution in [0.5, 0.6) is 0 Å². The van der Waals surface area contributed by atoms with Crippen LogP contribution >= 0.6 is 0 Å². The van der Waals surface area contributed by atoms with Gasteiger partial charge in [-0.2, -0.15) is 0 Å². The number of aliphatic hydroxyl groups excluding tert-OH is 1. The molecule has 0 radical (unpaired) electrons. The summed E-state index contributed by atoms with van der Waals surface area (Å²) in [7, 11) is 1.74. The van der Waals surface area contributed by atoms with Crippen molar-refractivity contribution in [2.75, 3.05) is 33.4 Å². The fourth-order valence-electron chi connectivity index (χ4n) is 2.83. The van der Waals surface area contributed by atoms with E-state index in [1.807, 2.05) is 0 Å². The number of aliphatic hydroxyl groups is 1. The van der Waals surface area contributed by atoms with Gasteiger partial charge in [-0.25, -0.2) is 4.39 Å². The van der Waals surface area contributed by atoms with E-state index in [2.05, 4.69) is 16.7 Å². The molecule has 3 nitrogen and oxygen atoms in total. The molecule has 114 valence electrons. The molecule has 0 bridgehead atoms. The molecule has 0 saturated carbocycles. The number of likely N-dealkylation sites (tertiary alicyclic amines) is 1. The summed E-state index contributed by atoms with van der Waals surface area (Å²) in [5, 5.41) is 8.71. The van der Waals surface area contributed by atoms with Crippen LogP contribution in [0.25, 0.3) is 0 Å². The average Bonchev–Trinajstić information content (AvgIpc) is 2.48. The SMILES string of the molecule is COCC1CCCN(Cc2ccc(F)c(C#CCO)c2)C1. The highest BCUT2D eigenvalue weighted by atomic mass is 19.1. The van der Waals surface area contributed by atoms with E-state index in [-0.39, 0.29) is 12.4 Å². The predicted octanol–water partition coefficient (Wildman–Crippen LogP) is 2.03. The summed E-state index contributed by atoms with van der Waals surface area (Å²) < 4.78 is 18.9. The van der Waals surface area contributed by atoms with Crippen LogP contribution in [0.1, 0.15) is 24.0 Å². The number of nitrogens with zero attached hydrogens (tertiary/aromatic N) is 1. The van der Waals surface area contributed by atoms with E-state index in [4.69, 9.17) is 9.84 Å². The van der Waals surface area contributed by atoms with Crippen molar-refractivity contribution in [3.8, 4) is 11.8 Å². The molecule has 0 spiro atoms. The lowest BCUT2D eigenvalue weighted by Crippen LogP contribution is -2.36. The zero-order chi connectivity index (χ0) is 15.1. The van der Waals surface area contributed by atoms with Gasteiger partial charge in [0.15, 0.2) is 0 Å². The number of benzene rings is 1. The molecule has 2 rings (SSSR count). The fraction of sp³-hybridized carbons (Fsp3) is 0.529. The smallest absolute Gasteiger partial charge is 0.138 e. The summed E-state index contributed by atoms with van der Waals surface area (Å²) in [6, 6.07) is 5.03. The lowest BCUT2D eigenvalue weighted by molar-refractivity contribution is 0.0873. The van der Waals surface area contributed by atoms with Gasteiger partial charge in [-0.05, 0) is 43.0 Å². The van der Waals surface area contributed by atoms with E-state index < -0.39 is 0 Å². The molecule has 1 aliphatic rings. The Hall–Kier alpha value is -1.41. The van der Waals surface area contributed by atoms with E-state index in [0.29, 0.717) is 11.5 Å². The van der Waals surface area contributed by atoms with Crippen molar-refractivity contribution in [1.82, 2.24) is 4.90 Å². The standard InChI is InChI=1S/C17H22FNO2/c1-21-13-15-4-2-8-19(12-15)11-14-6-7-17(18)16(10-14)5-3-9-20/h6-7,10,15,20H,2,4,8-9,11-13H2,1H3. The van der Waals surface area contributed by atoms with Crippen LogP contribution in [0.3, 0.4) is 0 Å². The quantitative estimate of drug-likeness (QED) is 0.862. The molecule has 1 unspecified atom stereocenters. The molecule has 1 saturated heterocycles. The topological polar surface area (TPSA) is 32.7 Å². The molecule has 21 heavy (non-hydrogen) atoms. The highest BCUT2D eigenvalue weighted by molar-refractivity contribution is 5.38. The largest absolute Gasteiger partial charge is 0.384 e. The second-order valence-corrected chi connectivity index (χ2v) is 5.47. The molecule has 0 aromatic heterocycles. The first-order chi connectivity index (χ1) is 10.2. The molecule has 1 aromatic rings. The summed E-state index contributed by atoms with van der Waals surface area (Å²) in [6.45, 7) is 3.42. The highest BCUT2D eigenvalue weighted by Crippen LogP contribution is 2.19. The van der Waals surface area contributed by atoms with Gasteiger partial charge in [0, 0.05) is 20.2 Å². The summed E-state index contributed by atoms with van der Waals surface area (Å²) in [6.07, 6.45) is 2.38. The van der Waals surface area contributed by atoms with Crippen LogP contribution in [0, 0.1) is 23.6 Å². The third-order valence-corrected chi connectivity index (χ3v) is 3.74. The first kappa shape index (κ1) is 16.0. The van der Waals surface area contributed by atoms with Crippen molar-refractivity contribution in [2.45, 2.75) is 19.4 Å². The Morgan fingerprint density at radius 3 is 3.10 bits per heavy atom. The molecule has 4 heteroatoms. The first-order valence-corrected chi connectivity index (χ1v) is 7.32. The van der Waals surface area contributed by atoms with Crippen LogP contribution in [0.2, 0.25) is 0 Å². The normalized spacial score (nSPS) is 19.1. The monoisotopic (exact) mass is 291 g/mol. The number of halogens is 1. The Kier molecular flexibility index (Phi) is 6.19. The molecule has 0 aliphatic carbocycles. The third-order valence-electron chi connectivity index (χ3n) is 3.74. The van der Waals surface area contributed by atoms with Gasteiger partial charge in [-0.3, -0.25) is 4.90 Å². The van der Waals surface area contributed by atoms with E-state index in [0.717, 1.165) is 31.8 Å². The molecule has 0 amide bonds. The molecule has 1 aromatic carbocycles. The Labute approximate surface area is 125 Å². The Morgan fingerprint density at radius 2 is 2.33 bits per heavy atom. The maximum atomic E-state index is 13.6. The lowest BCUT2D eigenvalue weighted by Gasteiger charge is -2.32. The summed E-state index contributed by atoms with van der Waals surface area (Å²) in [5.74, 6) is 5.40. The van der Waals surface area contributed by atoms with Gasteiger partial charge in [0.05, 0.1) is 12.2 Å². The van der Waals surface area contributed by atoms with E-state index in [1.165, 1.54) is 18.9 Å². The Balaban J connectivity index is 2.02. The highest BCUT2D eigenvalue weighted by Gasteiger charge is 2.19. The van der Waals surface area contributed by atoms with Crippen molar-refractivity contribution in [3.05, 3.63) is 35.1 Å². The van der Waals surface area contributed by atoms with Crippen molar-refractivity contribution in [2.24, 2.45) is 5.92 Å². The summed E-state index contributed by atoms with van der Waals surface area (Å²) >= 11 is 0. The molecule has 1 N–H and O–H groups in total. The van der Waals surface area contributed by atoms with Crippen LogP contribution < -0.4 is 0 Å². The zero-order valence-electron chi connectivity index (χ0n) is 12.4. The average molecular weight is 291 g/mol. The minimum Gasteiger partial charge on any atom is -0.384 e. The number of piperidine rings is 1. The van der Waals surface area contributed by atoms with Gasteiger partial charge in [0.2, 0.25) is 0 Å². The maximum absolute atomic E-state index is 13.6. The first-order valence-electron chi connectivity index (χ1n) is 7.32. The van der Waals surface area contributed by atoms with Crippen molar-refractivity contribution in [1.29, 1.82) is 0 Å².